The zero-order valence-corrected chi connectivity index (χ0v) is 41.4. The number of aliphatic carboxylic acids is 2. The monoisotopic (exact) mass is 802 g/mol. The molecular weight excluding hydrogens is 733 g/mol. The van der Waals surface area contributed by atoms with Crippen molar-refractivity contribution in [2.75, 3.05) is 0 Å². The molecule has 278 valence electrons. The number of carbonyl (C=O) groups is 2. The Morgan fingerprint density at radius 2 is 0.702 bits per heavy atom. The Morgan fingerprint density at radius 1 is 0.511 bits per heavy atom. The molecule has 0 aliphatic heterocycles. The summed E-state index contributed by atoms with van der Waals surface area (Å²) in [6.07, 6.45) is 0.413. The van der Waals surface area contributed by atoms with Crippen LogP contribution in [0.25, 0.3) is 0 Å². The van der Waals surface area contributed by atoms with Gasteiger partial charge in [0.1, 0.15) is 5.41 Å². The van der Waals surface area contributed by atoms with Crippen LogP contribution in [0.4, 0.5) is 0 Å². The molecule has 0 saturated carbocycles. The minimum absolute atomic E-state index is 0.206. The largest absolute Gasteiger partial charge is 0.481 e. The lowest BCUT2D eigenvalue weighted by atomic mass is 9.72. The highest BCUT2D eigenvalue weighted by molar-refractivity contribution is 6.92. The molecule has 2 atom stereocenters. The Kier molecular flexibility index (Phi) is 15.9. The maximum Gasteiger partial charge on any atom is 0.474 e. The first-order chi connectivity index (χ1) is 20.4. The van der Waals surface area contributed by atoms with Gasteiger partial charge in [0.25, 0.3) is 0 Å². The highest BCUT2D eigenvalue weighted by Gasteiger charge is 2.74. The smallest absolute Gasteiger partial charge is 0.474 e. The van der Waals surface area contributed by atoms with E-state index >= 15 is 0 Å². The van der Waals surface area contributed by atoms with Crippen LogP contribution < -0.4 is 0 Å². The number of hydrogen-bond donors (Lipinski definition) is 2. The molecule has 0 amide bonds. The van der Waals surface area contributed by atoms with E-state index in [1.54, 1.807) is 0 Å². The lowest BCUT2D eigenvalue weighted by Crippen LogP contribution is -2.71. The van der Waals surface area contributed by atoms with Crippen LogP contribution in [0.1, 0.15) is 26.7 Å². The molecule has 0 radical (unpaired) electrons. The molecule has 0 bridgehead atoms. The molecule has 2 N–H and O–H groups in total. The van der Waals surface area contributed by atoms with Crippen LogP contribution in [-0.4, -0.2) is 89.7 Å². The summed E-state index contributed by atoms with van der Waals surface area (Å²) in [4.78, 5) is 27.8. The van der Waals surface area contributed by atoms with Gasteiger partial charge in [0, 0.05) is 16.7 Å². The molecular formula is C29H70O10Si8. The summed E-state index contributed by atoms with van der Waals surface area (Å²) in [5.74, 6) is -2.73. The molecule has 0 aliphatic carbocycles. The van der Waals surface area contributed by atoms with Crippen molar-refractivity contribution in [1.29, 1.82) is 0 Å². The molecule has 0 aromatic carbocycles. The number of carboxylic acids is 2. The summed E-state index contributed by atoms with van der Waals surface area (Å²) >= 11 is 0. The second-order valence-electron chi connectivity index (χ2n) is 18.4. The average Bonchev–Trinajstić information content (AvgIpc) is 2.70. The third-order valence-corrected chi connectivity index (χ3v) is 31.5. The van der Waals surface area contributed by atoms with Crippen molar-refractivity contribution in [1.82, 2.24) is 0 Å². The summed E-state index contributed by atoms with van der Waals surface area (Å²) in [7, 11) is -23.4. The fourth-order valence-electron chi connectivity index (χ4n) is 6.08. The van der Waals surface area contributed by atoms with E-state index < -0.39 is 102 Å². The fraction of sp³-hybridized carbons (Fsp3) is 0.862. The van der Waals surface area contributed by atoms with E-state index in [9.17, 15) is 19.8 Å². The zero-order chi connectivity index (χ0) is 38.0. The van der Waals surface area contributed by atoms with E-state index in [1.807, 2.05) is 132 Å². The Morgan fingerprint density at radius 3 is 0.809 bits per heavy atom. The minimum Gasteiger partial charge on any atom is -0.481 e. The maximum absolute atomic E-state index is 14.5. The Balaban J connectivity index is 9.06. The van der Waals surface area contributed by atoms with Crippen LogP contribution in [0, 0.1) is 5.41 Å². The molecule has 47 heavy (non-hydrogen) atoms. The van der Waals surface area contributed by atoms with Gasteiger partial charge in [-0.1, -0.05) is 20.4 Å². The highest BCUT2D eigenvalue weighted by Crippen LogP contribution is 2.61. The SMILES string of the molecule is C=C(C(=O)O)C(C(=O)O)(C(CC)[Si](O[Si](C)(C)C)(O[Si](C)(C)C)O[Si](C)(C)C)C(CC)[Si](O[Si](C)(C)C)(O[Si](C)(C)C)O[Si](C)(C)C. The van der Waals surface area contributed by atoms with Crippen molar-refractivity contribution in [3.8, 4) is 0 Å². The molecule has 0 rings (SSSR count). The average molecular weight is 804 g/mol. The molecule has 2 unspecified atom stereocenters. The van der Waals surface area contributed by atoms with Gasteiger partial charge in [-0.3, -0.25) is 4.79 Å². The van der Waals surface area contributed by atoms with Crippen LogP contribution >= 0.6 is 0 Å². The quantitative estimate of drug-likeness (QED) is 0.0856. The van der Waals surface area contributed by atoms with Gasteiger partial charge in [0.05, 0.1) is 0 Å². The molecule has 18 heteroatoms. The van der Waals surface area contributed by atoms with Gasteiger partial charge < -0.3 is 34.9 Å². The van der Waals surface area contributed by atoms with Gasteiger partial charge >= 0.3 is 29.5 Å². The Bertz CT molecular complexity index is 948. The van der Waals surface area contributed by atoms with Crippen LogP contribution in [0.15, 0.2) is 12.2 Å². The Labute approximate surface area is 295 Å². The number of carboxylic acid groups (broad SMARTS) is 2. The Hall–Kier alpha value is 0.175. The molecule has 0 saturated heterocycles. The van der Waals surface area contributed by atoms with Crippen molar-refractivity contribution < 1.29 is 44.5 Å². The summed E-state index contributed by atoms with van der Waals surface area (Å²) in [6, 6.07) is 0. The predicted molar refractivity (Wildman–Crippen MR) is 213 cm³/mol. The van der Waals surface area contributed by atoms with E-state index in [4.69, 9.17) is 24.7 Å². The molecule has 10 nitrogen and oxygen atoms in total. The predicted octanol–water partition coefficient (Wildman–Crippen LogP) is 9.25. The van der Waals surface area contributed by atoms with Gasteiger partial charge in [-0.15, -0.1) is 0 Å². The van der Waals surface area contributed by atoms with Gasteiger partial charge in [-0.2, -0.15) is 0 Å². The zero-order valence-electron chi connectivity index (χ0n) is 33.4. The fourth-order valence-corrected chi connectivity index (χ4v) is 36.5. The molecule has 0 heterocycles. The molecule has 0 aliphatic rings. The maximum atomic E-state index is 14.5. The lowest BCUT2D eigenvalue weighted by molar-refractivity contribution is -0.152. The van der Waals surface area contributed by atoms with Crippen LogP contribution in [0.2, 0.25) is 129 Å². The van der Waals surface area contributed by atoms with E-state index in [-0.39, 0.29) is 12.8 Å². The molecule has 0 aromatic rings. The number of rotatable bonds is 21. The third-order valence-electron chi connectivity index (χ3n) is 6.57. The first-order valence-electron chi connectivity index (χ1n) is 16.8. The van der Waals surface area contributed by atoms with E-state index in [0.29, 0.717) is 0 Å². The second kappa shape index (κ2) is 15.8. The van der Waals surface area contributed by atoms with Crippen molar-refractivity contribution in [2.24, 2.45) is 5.41 Å². The topological polar surface area (TPSA) is 130 Å². The number of hydrogen-bond acceptors (Lipinski definition) is 8. The van der Waals surface area contributed by atoms with E-state index in [2.05, 4.69) is 6.58 Å². The summed E-state index contributed by atoms with van der Waals surface area (Å²) in [5, 5.41) is 22.7. The summed E-state index contributed by atoms with van der Waals surface area (Å²) in [5.41, 5.74) is -4.68. The van der Waals surface area contributed by atoms with Crippen molar-refractivity contribution in [3.63, 3.8) is 0 Å². The van der Waals surface area contributed by atoms with Gasteiger partial charge in [-0.25, -0.2) is 4.79 Å². The molecule has 0 spiro atoms. The van der Waals surface area contributed by atoms with Crippen LogP contribution in [0.5, 0.6) is 0 Å². The van der Waals surface area contributed by atoms with Gasteiger partial charge in [0.15, 0.2) is 49.9 Å². The van der Waals surface area contributed by atoms with Crippen molar-refractivity contribution >= 4 is 79.5 Å². The first-order valence-corrected chi connectivity index (χ1v) is 40.8. The normalized spacial score (nSPS) is 17.2. The highest BCUT2D eigenvalue weighted by atomic mass is 28.5. The van der Waals surface area contributed by atoms with Crippen molar-refractivity contribution in [3.05, 3.63) is 12.2 Å². The first kappa shape index (κ1) is 47.2. The lowest BCUT2D eigenvalue weighted by Gasteiger charge is -2.56. The molecule has 0 fully saturated rings. The molecule has 0 aromatic heterocycles. The standard InChI is InChI=1S/C29H70O10Si8/c1-22-25(46(34-40(4,5)6,35-41(7,8)9)36-42(10,11)12)29(28(32)33,24(3)27(30)31)26(23-2)47(37-43(13,14)15,38-44(16,17)18)39-45(19,20)21/h25-26H,3,22-23H2,1-2,4-21H3,(H,30,31)(H,32,33). The minimum atomic E-state index is -4.10. The van der Waals surface area contributed by atoms with Crippen molar-refractivity contribution in [2.45, 2.75) is 156 Å². The van der Waals surface area contributed by atoms with E-state index in [0.717, 1.165) is 0 Å². The second-order valence-corrected chi connectivity index (χ2v) is 52.4. The third kappa shape index (κ3) is 14.0. The van der Waals surface area contributed by atoms with Crippen LogP contribution in [-0.2, 0) is 34.3 Å². The van der Waals surface area contributed by atoms with Crippen LogP contribution in [0.3, 0.4) is 0 Å². The summed E-state index contributed by atoms with van der Waals surface area (Å²) < 4.78 is 42.9. The van der Waals surface area contributed by atoms with E-state index in [1.165, 1.54) is 0 Å². The summed E-state index contributed by atoms with van der Waals surface area (Å²) in [6.45, 7) is 44.4. The van der Waals surface area contributed by atoms with Gasteiger partial charge in [0.2, 0.25) is 0 Å². The van der Waals surface area contributed by atoms with Gasteiger partial charge in [-0.05, 0) is 131 Å².